The number of aryl methyl sites for hydroxylation is 2. The van der Waals surface area contributed by atoms with Crippen LogP contribution in [0.25, 0.3) is 0 Å². The number of nitrogens with one attached hydrogen (secondary N) is 1. The first-order valence-corrected chi connectivity index (χ1v) is 5.85. The van der Waals surface area contributed by atoms with Crippen molar-refractivity contribution >= 4 is 5.69 Å². The van der Waals surface area contributed by atoms with Gasteiger partial charge in [0.25, 0.3) is 0 Å². The lowest BCUT2D eigenvalue weighted by molar-refractivity contribution is 0.0266. The second-order valence-electron chi connectivity index (χ2n) is 4.88. The minimum atomic E-state index is -0.694. The lowest BCUT2D eigenvalue weighted by Gasteiger charge is -2.28. The molecule has 4 nitrogen and oxygen atoms in total. The summed E-state index contributed by atoms with van der Waals surface area (Å²) >= 11 is 0. The van der Waals surface area contributed by atoms with Gasteiger partial charge in [0.2, 0.25) is 0 Å². The van der Waals surface area contributed by atoms with Gasteiger partial charge >= 0.3 is 0 Å². The SMILES string of the molecule is CCc1nn(C)cc1NCC(C)(O)C(C)C. The molecule has 0 aliphatic heterocycles. The minimum Gasteiger partial charge on any atom is -0.388 e. The number of hydrogen-bond acceptors (Lipinski definition) is 3. The van der Waals surface area contributed by atoms with Crippen LogP contribution in [0.4, 0.5) is 5.69 Å². The van der Waals surface area contributed by atoms with Crippen molar-refractivity contribution in [3.8, 4) is 0 Å². The number of aliphatic hydroxyl groups is 1. The van der Waals surface area contributed by atoms with Crippen LogP contribution in [-0.4, -0.2) is 27.0 Å². The van der Waals surface area contributed by atoms with Crippen molar-refractivity contribution in [3.63, 3.8) is 0 Å². The van der Waals surface area contributed by atoms with Crippen molar-refractivity contribution in [1.82, 2.24) is 9.78 Å². The maximum Gasteiger partial charge on any atom is 0.0853 e. The molecule has 0 bridgehead atoms. The van der Waals surface area contributed by atoms with Crippen molar-refractivity contribution in [2.75, 3.05) is 11.9 Å². The molecule has 0 amide bonds. The standard InChI is InChI=1S/C12H23N3O/c1-6-10-11(7-15(5)14-10)13-8-12(4,16)9(2)3/h7,9,13,16H,6,8H2,1-5H3. The molecule has 2 N–H and O–H groups in total. The third-order valence-electron chi connectivity index (χ3n) is 3.12. The summed E-state index contributed by atoms with van der Waals surface area (Å²) in [5, 5.41) is 17.8. The van der Waals surface area contributed by atoms with Crippen LogP contribution in [0.15, 0.2) is 6.20 Å². The summed E-state index contributed by atoms with van der Waals surface area (Å²) in [5.74, 6) is 0.224. The predicted octanol–water partition coefficient (Wildman–Crippen LogP) is 1.80. The first-order valence-electron chi connectivity index (χ1n) is 5.85. The Labute approximate surface area is 97.7 Å². The van der Waals surface area contributed by atoms with Gasteiger partial charge in [-0.05, 0) is 19.3 Å². The molecule has 0 radical (unpaired) electrons. The molecule has 0 saturated heterocycles. The molecule has 1 aromatic rings. The van der Waals surface area contributed by atoms with Crippen molar-refractivity contribution in [2.45, 2.75) is 39.7 Å². The van der Waals surface area contributed by atoms with Gasteiger partial charge < -0.3 is 10.4 Å². The average molecular weight is 225 g/mol. The minimum absolute atomic E-state index is 0.224. The summed E-state index contributed by atoms with van der Waals surface area (Å²) < 4.78 is 1.80. The van der Waals surface area contributed by atoms with Gasteiger partial charge in [0.05, 0.1) is 17.0 Å². The van der Waals surface area contributed by atoms with E-state index in [0.717, 1.165) is 17.8 Å². The van der Waals surface area contributed by atoms with E-state index < -0.39 is 5.60 Å². The molecular formula is C12H23N3O. The fourth-order valence-corrected chi connectivity index (χ4v) is 1.42. The fourth-order valence-electron chi connectivity index (χ4n) is 1.42. The summed E-state index contributed by atoms with van der Waals surface area (Å²) in [6.45, 7) is 8.52. The molecule has 1 unspecified atom stereocenters. The van der Waals surface area contributed by atoms with E-state index in [1.54, 1.807) is 4.68 Å². The van der Waals surface area contributed by atoms with E-state index in [1.165, 1.54) is 0 Å². The molecule has 1 atom stereocenters. The van der Waals surface area contributed by atoms with Crippen LogP contribution in [0.2, 0.25) is 0 Å². The Hall–Kier alpha value is -1.03. The molecule has 1 heterocycles. The Kier molecular flexibility index (Phi) is 3.97. The van der Waals surface area contributed by atoms with E-state index in [1.807, 2.05) is 34.0 Å². The molecule has 0 aromatic carbocycles. The summed E-state index contributed by atoms with van der Waals surface area (Å²) in [5.41, 5.74) is 1.37. The second-order valence-corrected chi connectivity index (χ2v) is 4.88. The van der Waals surface area contributed by atoms with E-state index >= 15 is 0 Å². The predicted molar refractivity (Wildman–Crippen MR) is 66.5 cm³/mol. The quantitative estimate of drug-likeness (QED) is 0.803. The van der Waals surface area contributed by atoms with Crippen LogP contribution < -0.4 is 5.32 Å². The summed E-state index contributed by atoms with van der Waals surface area (Å²) in [7, 11) is 1.91. The van der Waals surface area contributed by atoms with E-state index in [9.17, 15) is 5.11 Å². The van der Waals surface area contributed by atoms with E-state index in [-0.39, 0.29) is 5.92 Å². The summed E-state index contributed by atoms with van der Waals surface area (Å²) in [6.07, 6.45) is 2.85. The first kappa shape index (κ1) is 13.0. The number of aromatic nitrogens is 2. The zero-order valence-electron chi connectivity index (χ0n) is 10.9. The Balaban J connectivity index is 2.67. The largest absolute Gasteiger partial charge is 0.388 e. The van der Waals surface area contributed by atoms with Crippen LogP contribution in [0.1, 0.15) is 33.4 Å². The number of nitrogens with zero attached hydrogens (tertiary/aromatic N) is 2. The lowest BCUT2D eigenvalue weighted by atomic mass is 9.92. The molecule has 0 aliphatic rings. The zero-order valence-corrected chi connectivity index (χ0v) is 10.9. The molecule has 4 heteroatoms. The normalized spacial score (nSPS) is 15.2. The summed E-state index contributed by atoms with van der Waals surface area (Å²) in [4.78, 5) is 0. The maximum atomic E-state index is 10.1. The van der Waals surface area contributed by atoms with E-state index in [4.69, 9.17) is 0 Å². The van der Waals surface area contributed by atoms with Gasteiger partial charge in [-0.2, -0.15) is 5.10 Å². The van der Waals surface area contributed by atoms with Crippen molar-refractivity contribution in [2.24, 2.45) is 13.0 Å². The van der Waals surface area contributed by atoms with Gasteiger partial charge in [-0.1, -0.05) is 20.8 Å². The van der Waals surface area contributed by atoms with Crippen LogP contribution in [0, 0.1) is 5.92 Å². The van der Waals surface area contributed by atoms with Gasteiger partial charge in [-0.3, -0.25) is 4.68 Å². The third kappa shape index (κ3) is 2.98. The molecule has 0 aliphatic carbocycles. The Morgan fingerprint density at radius 2 is 2.19 bits per heavy atom. The maximum absolute atomic E-state index is 10.1. The molecular weight excluding hydrogens is 202 g/mol. The van der Waals surface area contributed by atoms with Gasteiger partial charge in [0.1, 0.15) is 0 Å². The molecule has 1 aromatic heterocycles. The first-order chi connectivity index (χ1) is 7.36. The highest BCUT2D eigenvalue weighted by atomic mass is 16.3. The lowest BCUT2D eigenvalue weighted by Crippen LogP contribution is -2.38. The third-order valence-corrected chi connectivity index (χ3v) is 3.12. The van der Waals surface area contributed by atoms with Crippen molar-refractivity contribution in [1.29, 1.82) is 0 Å². The fraction of sp³-hybridized carbons (Fsp3) is 0.750. The molecule has 1 rings (SSSR count). The topological polar surface area (TPSA) is 50.1 Å². The molecule has 0 spiro atoms. The Morgan fingerprint density at radius 3 is 2.69 bits per heavy atom. The highest BCUT2D eigenvalue weighted by Gasteiger charge is 2.24. The zero-order chi connectivity index (χ0) is 12.3. The van der Waals surface area contributed by atoms with Gasteiger partial charge in [-0.25, -0.2) is 0 Å². The molecule has 0 fully saturated rings. The van der Waals surface area contributed by atoms with Crippen LogP contribution in [-0.2, 0) is 13.5 Å². The number of anilines is 1. The average Bonchev–Trinajstić information content (AvgIpc) is 2.56. The highest BCUT2D eigenvalue weighted by molar-refractivity contribution is 5.46. The number of rotatable bonds is 5. The highest BCUT2D eigenvalue weighted by Crippen LogP contribution is 2.19. The molecule has 16 heavy (non-hydrogen) atoms. The molecule has 92 valence electrons. The van der Waals surface area contributed by atoms with Crippen molar-refractivity contribution < 1.29 is 5.11 Å². The van der Waals surface area contributed by atoms with Crippen LogP contribution >= 0.6 is 0 Å². The van der Waals surface area contributed by atoms with Crippen molar-refractivity contribution in [3.05, 3.63) is 11.9 Å². The molecule has 0 saturated carbocycles. The van der Waals surface area contributed by atoms with Gasteiger partial charge in [0, 0.05) is 19.8 Å². The Morgan fingerprint density at radius 1 is 1.56 bits per heavy atom. The monoisotopic (exact) mass is 225 g/mol. The van der Waals surface area contributed by atoms with Crippen LogP contribution in [0.5, 0.6) is 0 Å². The second kappa shape index (κ2) is 4.87. The smallest absolute Gasteiger partial charge is 0.0853 e. The number of hydrogen-bond donors (Lipinski definition) is 2. The van der Waals surface area contributed by atoms with E-state index in [0.29, 0.717) is 6.54 Å². The van der Waals surface area contributed by atoms with E-state index in [2.05, 4.69) is 17.3 Å². The summed E-state index contributed by atoms with van der Waals surface area (Å²) in [6, 6.07) is 0. The Bertz CT molecular complexity index is 342. The van der Waals surface area contributed by atoms with Gasteiger partial charge in [0.15, 0.2) is 0 Å². The van der Waals surface area contributed by atoms with Crippen LogP contribution in [0.3, 0.4) is 0 Å². The van der Waals surface area contributed by atoms with Gasteiger partial charge in [-0.15, -0.1) is 0 Å².